The maximum atomic E-state index is 11.8. The topological polar surface area (TPSA) is 70.6 Å². The zero-order chi connectivity index (χ0) is 19.4. The van der Waals surface area contributed by atoms with Gasteiger partial charge in [0.25, 0.3) is 0 Å². The van der Waals surface area contributed by atoms with Crippen molar-refractivity contribution in [3.8, 4) is 0 Å². The highest BCUT2D eigenvalue weighted by molar-refractivity contribution is 14.0. The molecule has 0 aromatic heterocycles. The summed E-state index contributed by atoms with van der Waals surface area (Å²) in [5.41, 5.74) is 0. The van der Waals surface area contributed by atoms with Crippen LogP contribution in [-0.4, -0.2) is 44.5 Å². The van der Waals surface area contributed by atoms with Gasteiger partial charge < -0.3 is 10.6 Å². The zero-order valence-corrected chi connectivity index (χ0v) is 21.0. The number of rotatable bonds is 4. The Morgan fingerprint density at radius 1 is 0.964 bits per heavy atom. The molecule has 3 rings (SSSR count). The molecule has 28 heavy (non-hydrogen) atoms. The van der Waals surface area contributed by atoms with E-state index in [0.29, 0.717) is 36.1 Å². The standard InChI is InChI=1S/C21H39N3O2S.HI/c1-15-10-16(2)12-19(11-15)23-21(24-20-7-5-4-6-17(20)3)22-13-18-8-9-27(25,26)14-18;/h15-20H,4-14H2,1-3H3,(H2,22,23,24);1H. The van der Waals surface area contributed by atoms with Crippen LogP contribution in [0.3, 0.4) is 0 Å². The van der Waals surface area contributed by atoms with Crippen LogP contribution in [0.5, 0.6) is 0 Å². The fraction of sp³-hybridized carbons (Fsp3) is 0.952. The molecule has 5 nitrogen and oxygen atoms in total. The molecular formula is C21H40IN3O2S. The molecule has 2 aliphatic carbocycles. The monoisotopic (exact) mass is 525 g/mol. The Morgan fingerprint density at radius 2 is 1.64 bits per heavy atom. The molecule has 0 bridgehead atoms. The molecular weight excluding hydrogens is 485 g/mol. The van der Waals surface area contributed by atoms with E-state index in [1.54, 1.807) is 0 Å². The normalized spacial score (nSPS) is 38.5. The van der Waals surface area contributed by atoms with E-state index in [2.05, 4.69) is 31.4 Å². The number of aliphatic imine (C=N–C) groups is 1. The van der Waals surface area contributed by atoms with Gasteiger partial charge in [-0.1, -0.05) is 33.6 Å². The van der Waals surface area contributed by atoms with Gasteiger partial charge in [-0.3, -0.25) is 4.99 Å². The van der Waals surface area contributed by atoms with Crippen LogP contribution in [-0.2, 0) is 9.84 Å². The minimum Gasteiger partial charge on any atom is -0.354 e. The van der Waals surface area contributed by atoms with Crippen molar-refractivity contribution in [1.29, 1.82) is 0 Å². The highest BCUT2D eigenvalue weighted by Gasteiger charge is 2.29. The molecule has 0 aromatic rings. The first-order valence-corrected chi connectivity index (χ1v) is 12.9. The summed E-state index contributed by atoms with van der Waals surface area (Å²) in [6, 6.07) is 0.956. The Bertz CT molecular complexity index is 615. The van der Waals surface area contributed by atoms with Crippen molar-refractivity contribution in [2.45, 2.75) is 84.2 Å². The Kier molecular flexibility index (Phi) is 9.36. The lowest BCUT2D eigenvalue weighted by molar-refractivity contribution is 0.252. The Balaban J connectivity index is 0.00000280. The van der Waals surface area contributed by atoms with E-state index in [0.717, 1.165) is 24.2 Å². The van der Waals surface area contributed by atoms with E-state index in [-0.39, 0.29) is 29.9 Å². The van der Waals surface area contributed by atoms with Crippen LogP contribution in [0.25, 0.3) is 0 Å². The Labute approximate surface area is 189 Å². The van der Waals surface area contributed by atoms with Gasteiger partial charge in [0.1, 0.15) is 0 Å². The molecule has 7 heteroatoms. The van der Waals surface area contributed by atoms with Gasteiger partial charge in [-0.15, -0.1) is 24.0 Å². The second kappa shape index (κ2) is 10.8. The summed E-state index contributed by atoms with van der Waals surface area (Å²) in [7, 11) is -2.83. The van der Waals surface area contributed by atoms with Crippen molar-refractivity contribution in [2.24, 2.45) is 28.7 Å². The maximum Gasteiger partial charge on any atom is 0.191 e. The lowest BCUT2D eigenvalue weighted by atomic mass is 9.80. The predicted octanol–water partition coefficient (Wildman–Crippen LogP) is 3.98. The fourth-order valence-electron chi connectivity index (χ4n) is 5.33. The van der Waals surface area contributed by atoms with Gasteiger partial charge in [0.15, 0.2) is 15.8 Å². The smallest absolute Gasteiger partial charge is 0.191 e. The van der Waals surface area contributed by atoms with E-state index in [9.17, 15) is 8.42 Å². The molecule has 5 unspecified atom stereocenters. The number of hydrogen-bond donors (Lipinski definition) is 2. The molecule has 0 radical (unpaired) electrons. The van der Waals surface area contributed by atoms with Crippen LogP contribution >= 0.6 is 24.0 Å². The maximum absolute atomic E-state index is 11.8. The summed E-state index contributed by atoms with van der Waals surface area (Å²) in [5.74, 6) is 3.91. The summed E-state index contributed by atoms with van der Waals surface area (Å²) in [6.45, 7) is 7.65. The molecule has 2 saturated carbocycles. The molecule has 1 heterocycles. The molecule has 5 atom stereocenters. The largest absolute Gasteiger partial charge is 0.354 e. The number of guanidine groups is 1. The number of sulfone groups is 1. The van der Waals surface area contributed by atoms with E-state index < -0.39 is 9.84 Å². The van der Waals surface area contributed by atoms with Gasteiger partial charge in [-0.05, 0) is 62.2 Å². The first-order chi connectivity index (χ1) is 12.8. The highest BCUT2D eigenvalue weighted by atomic mass is 127. The van der Waals surface area contributed by atoms with Gasteiger partial charge in [0.05, 0.1) is 11.5 Å². The van der Waals surface area contributed by atoms with Crippen molar-refractivity contribution >= 4 is 39.8 Å². The fourth-order valence-corrected chi connectivity index (χ4v) is 7.18. The van der Waals surface area contributed by atoms with Crippen molar-refractivity contribution in [1.82, 2.24) is 10.6 Å². The quantitative estimate of drug-likeness (QED) is 0.331. The molecule has 164 valence electrons. The summed E-state index contributed by atoms with van der Waals surface area (Å²) in [4.78, 5) is 4.87. The SMILES string of the molecule is CC1CC(C)CC(NC(=NCC2CCS(=O)(=O)C2)NC2CCCCC2C)C1.I. The molecule has 1 saturated heterocycles. The van der Waals surface area contributed by atoms with Crippen molar-refractivity contribution in [3.05, 3.63) is 0 Å². The summed E-state index contributed by atoms with van der Waals surface area (Å²) in [5, 5.41) is 7.44. The predicted molar refractivity (Wildman–Crippen MR) is 128 cm³/mol. The molecule has 0 spiro atoms. The highest BCUT2D eigenvalue weighted by Crippen LogP contribution is 2.29. The number of nitrogens with zero attached hydrogens (tertiary/aromatic N) is 1. The van der Waals surface area contributed by atoms with Crippen molar-refractivity contribution in [2.75, 3.05) is 18.1 Å². The number of halogens is 1. The second-order valence-corrected chi connectivity index (χ2v) is 12.0. The van der Waals surface area contributed by atoms with E-state index in [1.807, 2.05) is 0 Å². The third-order valence-electron chi connectivity index (χ3n) is 6.79. The van der Waals surface area contributed by atoms with Crippen molar-refractivity contribution in [3.63, 3.8) is 0 Å². The van der Waals surface area contributed by atoms with Crippen LogP contribution in [0.2, 0.25) is 0 Å². The molecule has 0 amide bonds. The summed E-state index contributed by atoms with van der Waals surface area (Å²) < 4.78 is 23.5. The molecule has 3 aliphatic rings. The third kappa shape index (κ3) is 7.33. The average Bonchev–Trinajstić information content (AvgIpc) is 2.93. The summed E-state index contributed by atoms with van der Waals surface area (Å²) in [6.07, 6.45) is 9.57. The lowest BCUT2D eigenvalue weighted by Gasteiger charge is -2.35. The van der Waals surface area contributed by atoms with Gasteiger partial charge >= 0.3 is 0 Å². The zero-order valence-electron chi connectivity index (χ0n) is 17.8. The minimum atomic E-state index is -2.83. The third-order valence-corrected chi connectivity index (χ3v) is 8.62. The van der Waals surface area contributed by atoms with Gasteiger partial charge in [-0.25, -0.2) is 8.42 Å². The average molecular weight is 526 g/mol. The van der Waals surface area contributed by atoms with Crippen LogP contribution in [0.15, 0.2) is 4.99 Å². The summed E-state index contributed by atoms with van der Waals surface area (Å²) >= 11 is 0. The molecule has 0 aromatic carbocycles. The lowest BCUT2D eigenvalue weighted by Crippen LogP contribution is -2.51. The second-order valence-electron chi connectivity index (χ2n) is 9.73. The Hall–Kier alpha value is -0.0500. The van der Waals surface area contributed by atoms with Crippen LogP contribution in [0, 0.1) is 23.7 Å². The molecule has 2 N–H and O–H groups in total. The van der Waals surface area contributed by atoms with Crippen LogP contribution < -0.4 is 10.6 Å². The minimum absolute atomic E-state index is 0. The van der Waals surface area contributed by atoms with Crippen LogP contribution in [0.1, 0.15) is 72.1 Å². The van der Waals surface area contributed by atoms with E-state index >= 15 is 0 Å². The first kappa shape index (κ1) is 24.2. The first-order valence-electron chi connectivity index (χ1n) is 11.1. The van der Waals surface area contributed by atoms with Gasteiger partial charge in [0, 0.05) is 18.6 Å². The number of hydrogen-bond acceptors (Lipinski definition) is 3. The van der Waals surface area contributed by atoms with Gasteiger partial charge in [0.2, 0.25) is 0 Å². The molecule has 3 fully saturated rings. The number of nitrogens with one attached hydrogen (secondary N) is 2. The van der Waals surface area contributed by atoms with E-state index in [1.165, 1.54) is 44.9 Å². The van der Waals surface area contributed by atoms with E-state index in [4.69, 9.17) is 4.99 Å². The Morgan fingerprint density at radius 3 is 2.25 bits per heavy atom. The van der Waals surface area contributed by atoms with Gasteiger partial charge in [-0.2, -0.15) is 0 Å². The van der Waals surface area contributed by atoms with Crippen LogP contribution in [0.4, 0.5) is 0 Å². The van der Waals surface area contributed by atoms with Crippen molar-refractivity contribution < 1.29 is 8.42 Å². The molecule has 1 aliphatic heterocycles.